The van der Waals surface area contributed by atoms with Crippen molar-refractivity contribution in [3.63, 3.8) is 0 Å². The molecule has 2 N–H and O–H groups in total. The van der Waals surface area contributed by atoms with Gasteiger partial charge in [0.1, 0.15) is 5.15 Å². The lowest BCUT2D eigenvalue weighted by Gasteiger charge is -2.33. The summed E-state index contributed by atoms with van der Waals surface area (Å²) < 4.78 is 0. The van der Waals surface area contributed by atoms with Crippen LogP contribution in [-0.2, 0) is 11.3 Å². The maximum Gasteiger partial charge on any atom is 0.234 e. The number of benzene rings is 1. The molecule has 3 rings (SSSR count). The van der Waals surface area contributed by atoms with Gasteiger partial charge in [0.15, 0.2) is 0 Å². The summed E-state index contributed by atoms with van der Waals surface area (Å²) in [4.78, 5) is 18.4. The maximum atomic E-state index is 11.7. The largest absolute Gasteiger partial charge is 0.368 e. The number of halogens is 1. The predicted molar refractivity (Wildman–Crippen MR) is 93.5 cm³/mol. The van der Waals surface area contributed by atoms with Crippen LogP contribution < -0.4 is 5.73 Å². The third kappa shape index (κ3) is 3.19. The molecule has 4 nitrogen and oxygen atoms in total. The van der Waals surface area contributed by atoms with Crippen LogP contribution in [0.3, 0.4) is 0 Å². The Kier molecular flexibility index (Phi) is 4.55. The average molecular weight is 332 g/mol. The molecule has 0 saturated carbocycles. The first kappa shape index (κ1) is 16.2. The van der Waals surface area contributed by atoms with Crippen molar-refractivity contribution in [1.29, 1.82) is 0 Å². The number of carbonyl (C=O) groups excluding carboxylic acids is 1. The Labute approximate surface area is 141 Å². The number of carbonyl (C=O) groups is 1. The zero-order valence-corrected chi connectivity index (χ0v) is 14.4. The van der Waals surface area contributed by atoms with Gasteiger partial charge in [0, 0.05) is 17.5 Å². The molecule has 0 bridgehead atoms. The molecular formula is C18H22ClN3O. The second-order valence-corrected chi connectivity index (χ2v) is 6.76. The Bertz CT molecular complexity index is 760. The molecule has 1 amide bonds. The molecule has 1 aliphatic rings. The highest BCUT2D eigenvalue weighted by molar-refractivity contribution is 6.30. The zero-order valence-electron chi connectivity index (χ0n) is 13.6. The van der Waals surface area contributed by atoms with Crippen molar-refractivity contribution < 1.29 is 4.79 Å². The van der Waals surface area contributed by atoms with E-state index in [-0.39, 0.29) is 11.9 Å². The molecule has 122 valence electrons. The summed E-state index contributed by atoms with van der Waals surface area (Å²) in [5.41, 5.74) is 9.81. The van der Waals surface area contributed by atoms with Gasteiger partial charge in [0.05, 0.1) is 11.6 Å². The molecular weight excluding hydrogens is 310 g/mol. The van der Waals surface area contributed by atoms with Crippen LogP contribution in [0.15, 0.2) is 18.2 Å². The van der Waals surface area contributed by atoms with Gasteiger partial charge in [-0.25, -0.2) is 4.98 Å². The third-order valence-corrected chi connectivity index (χ3v) is 5.18. The number of piperidine rings is 1. The number of pyridine rings is 1. The molecule has 2 heterocycles. The van der Waals surface area contributed by atoms with E-state index in [1.54, 1.807) is 0 Å². The minimum Gasteiger partial charge on any atom is -0.368 e. The Morgan fingerprint density at radius 2 is 2.17 bits per heavy atom. The summed E-state index contributed by atoms with van der Waals surface area (Å²) in [6, 6.07) is 6.07. The summed E-state index contributed by atoms with van der Waals surface area (Å²) in [6.07, 6.45) is 2.96. The molecule has 1 saturated heterocycles. The highest BCUT2D eigenvalue weighted by Gasteiger charge is 2.27. The summed E-state index contributed by atoms with van der Waals surface area (Å²) in [5.74, 6) is -0.249. The molecule has 2 aromatic rings. The molecule has 5 heteroatoms. The number of nitrogens with zero attached hydrogens (tertiary/aromatic N) is 2. The number of likely N-dealkylation sites (tertiary alicyclic amines) is 1. The van der Waals surface area contributed by atoms with Crippen LogP contribution in [-0.4, -0.2) is 28.4 Å². The fourth-order valence-corrected chi connectivity index (χ4v) is 3.54. The van der Waals surface area contributed by atoms with Gasteiger partial charge in [-0.3, -0.25) is 9.69 Å². The van der Waals surface area contributed by atoms with Crippen molar-refractivity contribution in [2.45, 2.75) is 45.7 Å². The van der Waals surface area contributed by atoms with E-state index in [0.717, 1.165) is 47.8 Å². The number of fused-ring (bicyclic) bond motifs is 1. The summed E-state index contributed by atoms with van der Waals surface area (Å²) >= 11 is 6.42. The van der Waals surface area contributed by atoms with E-state index in [4.69, 9.17) is 17.3 Å². The molecule has 0 aliphatic carbocycles. The van der Waals surface area contributed by atoms with Gasteiger partial charge in [-0.1, -0.05) is 30.2 Å². The minimum absolute atomic E-state index is 0.199. The molecule has 1 aromatic heterocycles. The topological polar surface area (TPSA) is 59.2 Å². The number of hydrogen-bond acceptors (Lipinski definition) is 3. The molecule has 1 aliphatic heterocycles. The second-order valence-electron chi connectivity index (χ2n) is 6.40. The quantitative estimate of drug-likeness (QED) is 0.877. The van der Waals surface area contributed by atoms with Crippen molar-refractivity contribution in [3.05, 3.63) is 40.0 Å². The van der Waals surface area contributed by atoms with Gasteiger partial charge in [-0.15, -0.1) is 0 Å². The number of aromatic nitrogens is 1. The number of primary amides is 1. The molecule has 0 unspecified atom stereocenters. The molecule has 0 radical (unpaired) electrons. The monoisotopic (exact) mass is 331 g/mol. The number of aryl methyl sites for hydroxylation is 2. The highest BCUT2D eigenvalue weighted by atomic mass is 35.5. The first-order chi connectivity index (χ1) is 11.0. The van der Waals surface area contributed by atoms with Gasteiger partial charge in [0.2, 0.25) is 5.91 Å². The summed E-state index contributed by atoms with van der Waals surface area (Å²) in [7, 11) is 0. The smallest absolute Gasteiger partial charge is 0.234 e. The zero-order chi connectivity index (χ0) is 16.6. The van der Waals surface area contributed by atoms with Crippen LogP contribution >= 0.6 is 11.6 Å². The van der Waals surface area contributed by atoms with Gasteiger partial charge in [0.25, 0.3) is 0 Å². The predicted octanol–water partition coefficient (Wildman–Crippen LogP) is 3.34. The number of hydrogen-bond donors (Lipinski definition) is 1. The molecule has 23 heavy (non-hydrogen) atoms. The molecule has 1 fully saturated rings. The molecule has 1 aromatic carbocycles. The Balaban J connectivity index is 1.95. The normalized spacial score (nSPS) is 19.2. The number of nitrogens with two attached hydrogens (primary N) is 1. The lowest BCUT2D eigenvalue weighted by Crippen LogP contribution is -2.47. The van der Waals surface area contributed by atoms with Crippen LogP contribution in [0.25, 0.3) is 10.9 Å². The van der Waals surface area contributed by atoms with Crippen LogP contribution in [0.2, 0.25) is 5.15 Å². The average Bonchev–Trinajstić information content (AvgIpc) is 2.53. The fraction of sp³-hybridized carbons (Fsp3) is 0.444. The van der Waals surface area contributed by atoms with E-state index in [0.29, 0.717) is 11.7 Å². The third-order valence-electron chi connectivity index (χ3n) is 4.85. The Morgan fingerprint density at radius 1 is 1.39 bits per heavy atom. The lowest BCUT2D eigenvalue weighted by atomic mass is 10.00. The van der Waals surface area contributed by atoms with Crippen LogP contribution in [0.5, 0.6) is 0 Å². The van der Waals surface area contributed by atoms with Gasteiger partial charge in [-0.05, 0) is 50.4 Å². The first-order valence-electron chi connectivity index (χ1n) is 8.06. The van der Waals surface area contributed by atoms with Gasteiger partial charge in [-0.2, -0.15) is 0 Å². The van der Waals surface area contributed by atoms with Crippen molar-refractivity contribution in [3.8, 4) is 0 Å². The Hall–Kier alpha value is -1.65. The van der Waals surface area contributed by atoms with Crippen LogP contribution in [0.1, 0.15) is 36.0 Å². The van der Waals surface area contributed by atoms with E-state index < -0.39 is 0 Å². The number of rotatable bonds is 3. The molecule has 0 spiro atoms. The van der Waals surface area contributed by atoms with Gasteiger partial charge < -0.3 is 5.73 Å². The van der Waals surface area contributed by atoms with Crippen molar-refractivity contribution in [1.82, 2.24) is 9.88 Å². The fourth-order valence-electron chi connectivity index (χ4n) is 3.34. The van der Waals surface area contributed by atoms with Crippen LogP contribution in [0, 0.1) is 13.8 Å². The maximum absolute atomic E-state index is 11.7. The second kappa shape index (κ2) is 6.46. The van der Waals surface area contributed by atoms with E-state index >= 15 is 0 Å². The number of amides is 1. The summed E-state index contributed by atoms with van der Waals surface area (Å²) in [5, 5.41) is 1.60. The SMILES string of the molecule is Cc1ccc2cc(CN3CCCC[C@H]3C(N)=O)c(Cl)nc2c1C. The highest BCUT2D eigenvalue weighted by Crippen LogP contribution is 2.27. The Morgan fingerprint density at radius 3 is 2.91 bits per heavy atom. The van der Waals surface area contributed by atoms with Crippen molar-refractivity contribution in [2.24, 2.45) is 5.73 Å². The van der Waals surface area contributed by atoms with Crippen LogP contribution in [0.4, 0.5) is 0 Å². The van der Waals surface area contributed by atoms with E-state index in [1.165, 1.54) is 5.56 Å². The summed E-state index contributed by atoms with van der Waals surface area (Å²) in [6.45, 7) is 5.62. The van der Waals surface area contributed by atoms with Crippen molar-refractivity contribution in [2.75, 3.05) is 6.54 Å². The standard InChI is InChI=1S/C18H22ClN3O/c1-11-6-7-13-9-14(17(19)21-16(13)12(11)2)10-22-8-4-3-5-15(22)18(20)23/h6-7,9,15H,3-5,8,10H2,1-2H3,(H2,20,23)/t15-/m0/s1. The minimum atomic E-state index is -0.249. The van der Waals surface area contributed by atoms with Gasteiger partial charge >= 0.3 is 0 Å². The van der Waals surface area contributed by atoms with E-state index in [9.17, 15) is 4.79 Å². The molecule has 1 atom stereocenters. The first-order valence-corrected chi connectivity index (χ1v) is 8.44. The lowest BCUT2D eigenvalue weighted by molar-refractivity contribution is -0.124. The van der Waals surface area contributed by atoms with E-state index in [2.05, 4.69) is 41.9 Å². The van der Waals surface area contributed by atoms with E-state index in [1.807, 2.05) is 0 Å². The van der Waals surface area contributed by atoms with Crippen molar-refractivity contribution >= 4 is 28.4 Å².